The summed E-state index contributed by atoms with van der Waals surface area (Å²) in [5.74, 6) is -0.299. The van der Waals surface area contributed by atoms with Crippen LogP contribution in [0.2, 0.25) is 0 Å². The van der Waals surface area contributed by atoms with Gasteiger partial charge >= 0.3 is 0 Å². The number of fused-ring (bicyclic) bond motifs is 1. The number of aromatic amines is 1. The molecule has 2 atom stereocenters. The zero-order valence-corrected chi connectivity index (χ0v) is 12.6. The molecule has 0 spiro atoms. The number of aromatic nitrogens is 1. The van der Waals surface area contributed by atoms with E-state index in [1.165, 1.54) is 0 Å². The van der Waals surface area contributed by atoms with Gasteiger partial charge in [0.15, 0.2) is 11.8 Å². The van der Waals surface area contributed by atoms with Gasteiger partial charge in [0.2, 0.25) is 0 Å². The van der Waals surface area contributed by atoms with Crippen LogP contribution in [0.25, 0.3) is 0 Å². The molecule has 2 amide bonds. The van der Waals surface area contributed by atoms with Crippen LogP contribution in [0.3, 0.4) is 0 Å². The summed E-state index contributed by atoms with van der Waals surface area (Å²) < 4.78 is 5.27. The number of hydrogen-bond acceptors (Lipinski definition) is 5. The molecule has 1 aromatic heterocycles. The third-order valence-electron chi connectivity index (χ3n) is 4.55. The van der Waals surface area contributed by atoms with E-state index >= 15 is 0 Å². The van der Waals surface area contributed by atoms with E-state index in [1.54, 1.807) is 28.3 Å². The van der Waals surface area contributed by atoms with E-state index < -0.39 is 0 Å². The van der Waals surface area contributed by atoms with Crippen molar-refractivity contribution in [3.05, 3.63) is 24.0 Å². The molecule has 3 aliphatic heterocycles. The molecule has 0 aliphatic carbocycles. The lowest BCUT2D eigenvalue weighted by atomic mass is 10.00. The molecular weight excluding hydrogens is 300 g/mol. The van der Waals surface area contributed by atoms with Crippen molar-refractivity contribution in [3.63, 3.8) is 0 Å². The monoisotopic (exact) mass is 318 g/mol. The zero-order valence-electron chi connectivity index (χ0n) is 12.6. The van der Waals surface area contributed by atoms with Gasteiger partial charge in [-0.3, -0.25) is 9.59 Å². The number of carbonyl (C=O) groups is 2. The van der Waals surface area contributed by atoms with Gasteiger partial charge in [0.1, 0.15) is 0 Å². The highest BCUT2D eigenvalue weighted by Gasteiger charge is 2.47. The van der Waals surface area contributed by atoms with E-state index in [4.69, 9.17) is 9.57 Å². The molecule has 1 N–H and O–H groups in total. The van der Waals surface area contributed by atoms with Crippen molar-refractivity contribution in [1.29, 1.82) is 0 Å². The molecule has 4 rings (SSSR count). The van der Waals surface area contributed by atoms with Crippen LogP contribution in [-0.2, 0) is 14.4 Å². The molecule has 8 nitrogen and oxygen atoms in total. The highest BCUT2D eigenvalue weighted by atomic mass is 16.6. The van der Waals surface area contributed by atoms with Crippen molar-refractivity contribution < 1.29 is 19.2 Å². The van der Waals surface area contributed by atoms with E-state index in [2.05, 4.69) is 10.1 Å². The van der Waals surface area contributed by atoms with Gasteiger partial charge in [-0.05, 0) is 6.07 Å². The Labute approximate surface area is 133 Å². The molecule has 4 heterocycles. The summed E-state index contributed by atoms with van der Waals surface area (Å²) in [5.41, 5.74) is 1.05. The maximum Gasteiger partial charge on any atom is 0.272 e. The van der Waals surface area contributed by atoms with E-state index in [-0.39, 0.29) is 23.8 Å². The molecule has 0 bridgehead atoms. The van der Waals surface area contributed by atoms with Crippen molar-refractivity contribution in [3.8, 4) is 0 Å². The topological polar surface area (TPSA) is 87.2 Å². The Bertz CT molecular complexity index is 636. The van der Waals surface area contributed by atoms with E-state index in [0.29, 0.717) is 50.7 Å². The summed E-state index contributed by atoms with van der Waals surface area (Å²) in [4.78, 5) is 36.8. The van der Waals surface area contributed by atoms with Gasteiger partial charge in [-0.2, -0.15) is 0 Å². The third kappa shape index (κ3) is 2.48. The van der Waals surface area contributed by atoms with Crippen LogP contribution in [0.5, 0.6) is 0 Å². The number of hydrogen-bond donors (Lipinski definition) is 1. The minimum Gasteiger partial charge on any atom is -0.389 e. The predicted octanol–water partition coefficient (Wildman–Crippen LogP) is -0.300. The van der Waals surface area contributed by atoms with E-state index in [0.717, 1.165) is 0 Å². The number of nitrogens with one attached hydrogen (secondary N) is 1. The van der Waals surface area contributed by atoms with Crippen LogP contribution in [0.1, 0.15) is 10.4 Å². The Morgan fingerprint density at radius 3 is 2.74 bits per heavy atom. The molecule has 2 saturated heterocycles. The first-order valence-corrected chi connectivity index (χ1v) is 7.77. The van der Waals surface area contributed by atoms with Gasteiger partial charge in [-0.1, -0.05) is 5.16 Å². The fourth-order valence-corrected chi connectivity index (χ4v) is 3.27. The minimum absolute atomic E-state index is 0.0533. The standard InChI is InChI=1S/C15H18N4O4/c20-14(10-1-2-16-7-10)19-8-11-12(9-19)23-17-13(11)15(21)18-3-5-22-6-4-18/h1-2,7,11-12,16H,3-6,8-9H2/t11-,12+/m0/s1. The molecule has 0 saturated carbocycles. The Morgan fingerprint density at radius 2 is 2.00 bits per heavy atom. The first-order valence-electron chi connectivity index (χ1n) is 7.77. The van der Waals surface area contributed by atoms with Crippen LogP contribution in [0.4, 0.5) is 0 Å². The largest absolute Gasteiger partial charge is 0.389 e. The molecule has 0 radical (unpaired) electrons. The summed E-state index contributed by atoms with van der Waals surface area (Å²) in [7, 11) is 0. The summed E-state index contributed by atoms with van der Waals surface area (Å²) >= 11 is 0. The first kappa shape index (κ1) is 14.3. The molecule has 23 heavy (non-hydrogen) atoms. The lowest BCUT2D eigenvalue weighted by molar-refractivity contribution is -0.128. The number of oxime groups is 1. The number of H-pyrrole nitrogens is 1. The number of amides is 2. The SMILES string of the molecule is O=C(C1=NO[C@@H]2CN(C(=O)c3cc[nH]c3)C[C@H]12)N1CCOCC1. The van der Waals surface area contributed by atoms with Gasteiger partial charge in [-0.15, -0.1) is 0 Å². The molecule has 1 aromatic rings. The van der Waals surface area contributed by atoms with Crippen molar-refractivity contribution in [2.75, 3.05) is 39.4 Å². The summed E-state index contributed by atoms with van der Waals surface area (Å²) in [5, 5.41) is 3.99. The number of likely N-dealkylation sites (tertiary alicyclic amines) is 1. The number of carbonyl (C=O) groups excluding carboxylic acids is 2. The van der Waals surface area contributed by atoms with E-state index in [1.807, 2.05) is 0 Å². The van der Waals surface area contributed by atoms with Crippen molar-refractivity contribution in [2.45, 2.75) is 6.10 Å². The summed E-state index contributed by atoms with van der Waals surface area (Å²) in [6.45, 7) is 3.16. The maximum absolute atomic E-state index is 12.6. The Kier molecular flexibility index (Phi) is 3.53. The van der Waals surface area contributed by atoms with Crippen molar-refractivity contribution >= 4 is 17.5 Å². The maximum atomic E-state index is 12.6. The minimum atomic E-state index is -0.224. The predicted molar refractivity (Wildman–Crippen MR) is 79.9 cm³/mol. The third-order valence-corrected chi connectivity index (χ3v) is 4.55. The Morgan fingerprint density at radius 1 is 1.17 bits per heavy atom. The second-order valence-electron chi connectivity index (χ2n) is 5.94. The quantitative estimate of drug-likeness (QED) is 0.811. The van der Waals surface area contributed by atoms with Crippen LogP contribution >= 0.6 is 0 Å². The summed E-state index contributed by atoms with van der Waals surface area (Å²) in [6, 6.07) is 1.74. The molecule has 0 unspecified atom stereocenters. The highest BCUT2D eigenvalue weighted by molar-refractivity contribution is 6.40. The van der Waals surface area contributed by atoms with Crippen molar-refractivity contribution in [2.24, 2.45) is 11.1 Å². The molecule has 2 fully saturated rings. The van der Waals surface area contributed by atoms with Gasteiger partial charge in [-0.25, -0.2) is 0 Å². The average Bonchev–Trinajstić information content (AvgIpc) is 3.30. The number of nitrogens with zero attached hydrogens (tertiary/aromatic N) is 3. The van der Waals surface area contributed by atoms with Crippen molar-refractivity contribution in [1.82, 2.24) is 14.8 Å². The molecule has 8 heteroatoms. The summed E-state index contributed by atoms with van der Waals surface area (Å²) in [6.07, 6.45) is 3.17. The van der Waals surface area contributed by atoms with Gasteiger partial charge in [0.05, 0.1) is 31.2 Å². The molecule has 0 aromatic carbocycles. The number of rotatable bonds is 2. The molecular formula is C15H18N4O4. The smallest absolute Gasteiger partial charge is 0.272 e. The van der Waals surface area contributed by atoms with Crippen LogP contribution in [-0.4, -0.2) is 77.8 Å². The average molecular weight is 318 g/mol. The fourth-order valence-electron chi connectivity index (χ4n) is 3.27. The first-order chi connectivity index (χ1) is 11.2. The number of ether oxygens (including phenoxy) is 1. The van der Waals surface area contributed by atoms with Crippen LogP contribution in [0.15, 0.2) is 23.6 Å². The lowest BCUT2D eigenvalue weighted by Gasteiger charge is -2.27. The van der Waals surface area contributed by atoms with Gasteiger partial charge < -0.3 is 24.4 Å². The number of morpholine rings is 1. The molecule has 122 valence electrons. The Balaban J connectivity index is 1.45. The second-order valence-corrected chi connectivity index (χ2v) is 5.94. The highest BCUT2D eigenvalue weighted by Crippen LogP contribution is 2.29. The molecule has 3 aliphatic rings. The Hall–Kier alpha value is -2.35. The second kappa shape index (κ2) is 5.69. The van der Waals surface area contributed by atoms with Crippen LogP contribution in [0, 0.1) is 5.92 Å². The van der Waals surface area contributed by atoms with Gasteiger partial charge in [0.25, 0.3) is 11.8 Å². The van der Waals surface area contributed by atoms with Crippen LogP contribution < -0.4 is 0 Å². The zero-order chi connectivity index (χ0) is 15.8. The van der Waals surface area contributed by atoms with Gasteiger partial charge in [0, 0.05) is 32.0 Å². The fraction of sp³-hybridized carbons (Fsp3) is 0.533. The van der Waals surface area contributed by atoms with E-state index in [9.17, 15) is 9.59 Å². The lowest BCUT2D eigenvalue weighted by Crippen LogP contribution is -2.46. The normalized spacial score (nSPS) is 26.7.